The number of imide groups is 1. The Kier molecular flexibility index (Phi) is 3.84. The molecule has 3 amide bonds. The first-order valence-electron chi connectivity index (χ1n) is 7.31. The van der Waals surface area contributed by atoms with Crippen LogP contribution in [-0.2, 0) is 4.79 Å². The van der Waals surface area contributed by atoms with Gasteiger partial charge in [0.05, 0.1) is 22.8 Å². The van der Waals surface area contributed by atoms with Crippen molar-refractivity contribution < 1.29 is 14.4 Å². The zero-order valence-electron chi connectivity index (χ0n) is 12.8. The van der Waals surface area contributed by atoms with E-state index < -0.39 is 23.8 Å². The van der Waals surface area contributed by atoms with E-state index in [2.05, 4.69) is 5.32 Å². The number of hydrogen-bond acceptors (Lipinski definition) is 4. The van der Waals surface area contributed by atoms with Crippen LogP contribution in [0.25, 0.3) is 0 Å². The second-order valence-corrected chi connectivity index (χ2v) is 5.38. The second-order valence-electron chi connectivity index (χ2n) is 5.38. The van der Waals surface area contributed by atoms with Crippen molar-refractivity contribution >= 4 is 23.4 Å². The number of nitrogens with one attached hydrogen (secondary N) is 1. The third kappa shape index (κ3) is 2.52. The fourth-order valence-electron chi connectivity index (χ4n) is 2.59. The molecule has 0 spiro atoms. The third-order valence-corrected chi connectivity index (χ3v) is 3.85. The van der Waals surface area contributed by atoms with Gasteiger partial charge in [-0.3, -0.25) is 19.3 Å². The summed E-state index contributed by atoms with van der Waals surface area (Å²) in [5.41, 5.74) is 1.44. The summed E-state index contributed by atoms with van der Waals surface area (Å²) in [6.45, 7) is 1.49. The molecule has 0 aromatic heterocycles. The largest absolute Gasteiger partial charge is 0.324 e. The summed E-state index contributed by atoms with van der Waals surface area (Å²) in [6, 6.07) is 13.9. The first-order valence-corrected chi connectivity index (χ1v) is 7.31. The van der Waals surface area contributed by atoms with Crippen LogP contribution in [0.2, 0.25) is 0 Å². The molecule has 0 saturated heterocycles. The summed E-state index contributed by atoms with van der Waals surface area (Å²) in [6.07, 6.45) is 0. The van der Waals surface area contributed by atoms with Crippen LogP contribution in [0.1, 0.15) is 33.2 Å². The molecule has 1 aliphatic heterocycles. The lowest BCUT2D eigenvalue weighted by molar-refractivity contribution is -0.119. The van der Waals surface area contributed by atoms with Gasteiger partial charge in [0.25, 0.3) is 11.8 Å². The molecule has 118 valence electrons. The number of benzene rings is 2. The van der Waals surface area contributed by atoms with E-state index in [1.54, 1.807) is 42.5 Å². The van der Waals surface area contributed by atoms with Gasteiger partial charge in [0.2, 0.25) is 5.91 Å². The third-order valence-electron chi connectivity index (χ3n) is 3.85. The number of anilines is 1. The van der Waals surface area contributed by atoms with Crippen molar-refractivity contribution in [3.05, 3.63) is 65.2 Å². The Labute approximate surface area is 138 Å². The summed E-state index contributed by atoms with van der Waals surface area (Å²) >= 11 is 0. The van der Waals surface area contributed by atoms with Crippen LogP contribution in [0.5, 0.6) is 0 Å². The molecule has 0 bridgehead atoms. The zero-order chi connectivity index (χ0) is 17.3. The molecule has 1 atom stereocenters. The Hall–Kier alpha value is -3.46. The molecule has 2 aromatic carbocycles. The van der Waals surface area contributed by atoms with Crippen molar-refractivity contribution in [2.45, 2.75) is 13.0 Å². The molecule has 0 saturated carbocycles. The first-order chi connectivity index (χ1) is 11.5. The first kappa shape index (κ1) is 15.4. The van der Waals surface area contributed by atoms with Gasteiger partial charge in [0, 0.05) is 5.69 Å². The van der Waals surface area contributed by atoms with E-state index in [4.69, 9.17) is 5.26 Å². The molecular weight excluding hydrogens is 306 g/mol. The van der Waals surface area contributed by atoms with Crippen LogP contribution < -0.4 is 5.32 Å². The zero-order valence-corrected chi connectivity index (χ0v) is 12.8. The number of fused-ring (bicyclic) bond motifs is 1. The standard InChI is InChI=1S/C18H13N3O3/c1-11(16(22)20-13-6-4-5-12(9-13)10-19)21-17(23)14-7-2-3-8-15(14)18(21)24/h2-9,11H,1H3,(H,20,22). The van der Waals surface area contributed by atoms with Crippen molar-refractivity contribution in [1.29, 1.82) is 5.26 Å². The minimum Gasteiger partial charge on any atom is -0.324 e. The van der Waals surface area contributed by atoms with Crippen LogP contribution >= 0.6 is 0 Å². The van der Waals surface area contributed by atoms with E-state index >= 15 is 0 Å². The molecule has 1 heterocycles. The van der Waals surface area contributed by atoms with Gasteiger partial charge in [-0.15, -0.1) is 0 Å². The predicted octanol–water partition coefficient (Wildman–Crippen LogP) is 2.18. The summed E-state index contributed by atoms with van der Waals surface area (Å²) < 4.78 is 0. The average Bonchev–Trinajstić information content (AvgIpc) is 2.86. The number of carbonyl (C=O) groups excluding carboxylic acids is 3. The lowest BCUT2D eigenvalue weighted by Gasteiger charge is -2.21. The van der Waals surface area contributed by atoms with Gasteiger partial charge < -0.3 is 5.32 Å². The summed E-state index contributed by atoms with van der Waals surface area (Å²) in [7, 11) is 0. The fraction of sp³-hybridized carbons (Fsp3) is 0.111. The molecule has 6 nitrogen and oxygen atoms in total. The van der Waals surface area contributed by atoms with Gasteiger partial charge in [-0.1, -0.05) is 18.2 Å². The van der Waals surface area contributed by atoms with E-state index in [1.165, 1.54) is 13.0 Å². The highest BCUT2D eigenvalue weighted by molar-refractivity contribution is 6.23. The highest BCUT2D eigenvalue weighted by Crippen LogP contribution is 2.25. The SMILES string of the molecule is CC(C(=O)Nc1cccc(C#N)c1)N1C(=O)c2ccccc2C1=O. The Bertz CT molecular complexity index is 863. The van der Waals surface area contributed by atoms with Gasteiger partial charge in [0.15, 0.2) is 0 Å². The maximum atomic E-state index is 12.4. The van der Waals surface area contributed by atoms with Crippen LogP contribution in [0, 0.1) is 11.3 Å². The average molecular weight is 319 g/mol. The fourth-order valence-corrected chi connectivity index (χ4v) is 2.59. The number of carbonyl (C=O) groups is 3. The van der Waals surface area contributed by atoms with Crippen molar-refractivity contribution in [2.75, 3.05) is 5.32 Å². The molecule has 6 heteroatoms. The Morgan fingerprint density at radius 2 is 1.71 bits per heavy atom. The van der Waals surface area contributed by atoms with Crippen LogP contribution in [0.15, 0.2) is 48.5 Å². The topological polar surface area (TPSA) is 90.3 Å². The van der Waals surface area contributed by atoms with E-state index in [1.807, 2.05) is 6.07 Å². The maximum Gasteiger partial charge on any atom is 0.262 e. The molecule has 2 aromatic rings. The van der Waals surface area contributed by atoms with E-state index in [0.29, 0.717) is 22.4 Å². The summed E-state index contributed by atoms with van der Waals surface area (Å²) in [4.78, 5) is 38.1. The highest BCUT2D eigenvalue weighted by atomic mass is 16.2. The van der Waals surface area contributed by atoms with Crippen LogP contribution in [0.4, 0.5) is 5.69 Å². The Morgan fingerprint density at radius 1 is 1.08 bits per heavy atom. The molecule has 1 N–H and O–H groups in total. The van der Waals surface area contributed by atoms with Crippen molar-refractivity contribution in [2.24, 2.45) is 0 Å². The molecule has 0 radical (unpaired) electrons. The summed E-state index contributed by atoms with van der Waals surface area (Å²) in [5.74, 6) is -1.47. The molecule has 1 aliphatic rings. The predicted molar refractivity (Wildman–Crippen MR) is 86.2 cm³/mol. The summed E-state index contributed by atoms with van der Waals surface area (Å²) in [5, 5.41) is 11.5. The van der Waals surface area contributed by atoms with Gasteiger partial charge in [-0.2, -0.15) is 5.26 Å². The number of rotatable bonds is 3. The number of nitriles is 1. The molecule has 24 heavy (non-hydrogen) atoms. The molecule has 1 unspecified atom stereocenters. The Morgan fingerprint density at radius 3 is 2.29 bits per heavy atom. The number of nitrogens with zero attached hydrogens (tertiary/aromatic N) is 2. The van der Waals surface area contributed by atoms with E-state index in [-0.39, 0.29) is 0 Å². The van der Waals surface area contributed by atoms with E-state index in [0.717, 1.165) is 4.90 Å². The monoisotopic (exact) mass is 319 g/mol. The number of hydrogen-bond donors (Lipinski definition) is 1. The molecule has 3 rings (SSSR count). The van der Waals surface area contributed by atoms with Crippen molar-refractivity contribution in [3.63, 3.8) is 0 Å². The van der Waals surface area contributed by atoms with Gasteiger partial charge >= 0.3 is 0 Å². The molecule has 0 fully saturated rings. The van der Waals surface area contributed by atoms with Crippen molar-refractivity contribution in [1.82, 2.24) is 4.90 Å². The molecular formula is C18H13N3O3. The van der Waals surface area contributed by atoms with Crippen LogP contribution in [0.3, 0.4) is 0 Å². The normalized spacial score (nSPS) is 14.1. The van der Waals surface area contributed by atoms with E-state index in [9.17, 15) is 14.4 Å². The smallest absolute Gasteiger partial charge is 0.262 e. The van der Waals surface area contributed by atoms with Gasteiger partial charge in [-0.05, 0) is 37.3 Å². The lowest BCUT2D eigenvalue weighted by Crippen LogP contribution is -2.45. The molecule has 0 aliphatic carbocycles. The minimum absolute atomic E-state index is 0.300. The minimum atomic E-state index is -0.969. The number of amides is 3. The van der Waals surface area contributed by atoms with Crippen LogP contribution in [-0.4, -0.2) is 28.7 Å². The second kappa shape index (κ2) is 5.97. The highest BCUT2D eigenvalue weighted by Gasteiger charge is 2.40. The lowest BCUT2D eigenvalue weighted by atomic mass is 10.1. The Balaban J connectivity index is 1.81. The maximum absolute atomic E-state index is 12.4. The quantitative estimate of drug-likeness (QED) is 0.878. The van der Waals surface area contributed by atoms with Gasteiger partial charge in [-0.25, -0.2) is 0 Å². The van der Waals surface area contributed by atoms with Crippen molar-refractivity contribution in [3.8, 4) is 6.07 Å². The van der Waals surface area contributed by atoms with Gasteiger partial charge in [0.1, 0.15) is 6.04 Å².